The van der Waals surface area contributed by atoms with Gasteiger partial charge in [-0.15, -0.1) is 0 Å². The summed E-state index contributed by atoms with van der Waals surface area (Å²) in [4.78, 5) is 23.7. The van der Waals surface area contributed by atoms with Crippen molar-refractivity contribution in [2.24, 2.45) is 0 Å². The van der Waals surface area contributed by atoms with Crippen LogP contribution in [-0.4, -0.2) is 37.8 Å². The van der Waals surface area contributed by atoms with E-state index in [-0.39, 0.29) is 11.9 Å². The number of carbonyl (C=O) groups is 2. The molecule has 1 N–H and O–H groups in total. The quantitative estimate of drug-likeness (QED) is 0.312. The second-order valence-electron chi connectivity index (χ2n) is 7.47. The van der Waals surface area contributed by atoms with Crippen molar-refractivity contribution in [2.45, 2.75) is 59.0 Å². The average molecular weight is 442 g/mol. The lowest BCUT2D eigenvalue weighted by Gasteiger charge is -2.17. The van der Waals surface area contributed by atoms with Gasteiger partial charge in [-0.2, -0.15) is 0 Å². The number of anilines is 1. The predicted octanol–water partition coefficient (Wildman–Crippen LogP) is 5.41. The van der Waals surface area contributed by atoms with Crippen molar-refractivity contribution in [1.29, 1.82) is 0 Å². The zero-order valence-corrected chi connectivity index (χ0v) is 19.4. The molecule has 0 heterocycles. The first-order valence-electron chi connectivity index (χ1n) is 11.5. The molecule has 0 aromatic heterocycles. The molecular formula is C26H35NO5. The summed E-state index contributed by atoms with van der Waals surface area (Å²) in [6.45, 7) is 7.21. The number of carbonyl (C=O) groups excluding carboxylic acids is 2. The summed E-state index contributed by atoms with van der Waals surface area (Å²) in [5, 5.41) is 3.41. The Morgan fingerprint density at radius 3 is 2.19 bits per heavy atom. The first-order chi connectivity index (χ1) is 15.6. The molecule has 1 atom stereocenters. The van der Waals surface area contributed by atoms with Crippen molar-refractivity contribution in [2.75, 3.05) is 25.1 Å². The Hall–Kier alpha value is -3.02. The van der Waals surface area contributed by atoms with E-state index >= 15 is 0 Å². The SMILES string of the molecule is CCCC(Oc1ccc(NCCCCc2ccc(C(=O)OCC)cc2)cc1)C(=O)OCC. The molecule has 2 rings (SSSR count). The van der Waals surface area contributed by atoms with Gasteiger partial charge in [0.05, 0.1) is 18.8 Å². The molecular weight excluding hydrogens is 406 g/mol. The molecule has 0 aliphatic heterocycles. The molecule has 32 heavy (non-hydrogen) atoms. The Balaban J connectivity index is 1.71. The van der Waals surface area contributed by atoms with Crippen molar-refractivity contribution in [3.63, 3.8) is 0 Å². The lowest BCUT2D eigenvalue weighted by molar-refractivity contribution is -0.151. The van der Waals surface area contributed by atoms with Gasteiger partial charge in [-0.1, -0.05) is 25.5 Å². The van der Waals surface area contributed by atoms with Gasteiger partial charge in [0.2, 0.25) is 0 Å². The number of hydrogen-bond acceptors (Lipinski definition) is 6. The predicted molar refractivity (Wildman–Crippen MR) is 126 cm³/mol. The van der Waals surface area contributed by atoms with E-state index in [9.17, 15) is 9.59 Å². The van der Waals surface area contributed by atoms with Gasteiger partial charge in [-0.25, -0.2) is 9.59 Å². The first kappa shape index (κ1) is 25.2. The van der Waals surface area contributed by atoms with Crippen LogP contribution in [0.5, 0.6) is 5.75 Å². The van der Waals surface area contributed by atoms with Crippen LogP contribution >= 0.6 is 0 Å². The third kappa shape index (κ3) is 8.61. The molecule has 0 aliphatic rings. The van der Waals surface area contributed by atoms with E-state index in [2.05, 4.69) is 5.32 Å². The number of rotatable bonds is 14. The van der Waals surface area contributed by atoms with E-state index < -0.39 is 6.10 Å². The monoisotopic (exact) mass is 441 g/mol. The molecule has 1 unspecified atom stereocenters. The lowest BCUT2D eigenvalue weighted by Crippen LogP contribution is -2.29. The third-order valence-electron chi connectivity index (χ3n) is 4.92. The van der Waals surface area contributed by atoms with Gasteiger partial charge in [0.25, 0.3) is 0 Å². The minimum atomic E-state index is -0.565. The topological polar surface area (TPSA) is 73.9 Å². The zero-order valence-electron chi connectivity index (χ0n) is 19.4. The highest BCUT2D eigenvalue weighted by Crippen LogP contribution is 2.19. The van der Waals surface area contributed by atoms with E-state index in [1.54, 1.807) is 13.8 Å². The van der Waals surface area contributed by atoms with Crippen molar-refractivity contribution < 1.29 is 23.8 Å². The maximum absolute atomic E-state index is 12.0. The van der Waals surface area contributed by atoms with E-state index in [1.165, 1.54) is 5.56 Å². The fraction of sp³-hybridized carbons (Fsp3) is 0.462. The second kappa shape index (κ2) is 14.1. The molecule has 0 amide bonds. The van der Waals surface area contributed by atoms with E-state index in [0.717, 1.165) is 37.9 Å². The highest BCUT2D eigenvalue weighted by atomic mass is 16.6. The van der Waals surface area contributed by atoms with Crippen LogP contribution in [0.15, 0.2) is 48.5 Å². The molecule has 0 saturated heterocycles. The van der Waals surface area contributed by atoms with Gasteiger partial charge >= 0.3 is 11.9 Å². The zero-order chi connectivity index (χ0) is 23.2. The molecule has 0 aliphatic carbocycles. The molecule has 0 fully saturated rings. The largest absolute Gasteiger partial charge is 0.479 e. The fourth-order valence-corrected chi connectivity index (χ4v) is 3.25. The van der Waals surface area contributed by atoms with Crippen LogP contribution in [0.3, 0.4) is 0 Å². The molecule has 0 bridgehead atoms. The number of esters is 2. The van der Waals surface area contributed by atoms with Crippen molar-refractivity contribution in [1.82, 2.24) is 0 Å². The Kier molecular flexibility index (Phi) is 11.1. The van der Waals surface area contributed by atoms with Crippen LogP contribution < -0.4 is 10.1 Å². The van der Waals surface area contributed by atoms with Crippen LogP contribution in [-0.2, 0) is 20.7 Å². The van der Waals surface area contributed by atoms with Crippen LogP contribution in [0.25, 0.3) is 0 Å². The summed E-state index contributed by atoms with van der Waals surface area (Å²) in [5.74, 6) is 0.0712. The number of hydrogen-bond donors (Lipinski definition) is 1. The first-order valence-corrected chi connectivity index (χ1v) is 11.5. The van der Waals surface area contributed by atoms with Crippen molar-refractivity contribution in [3.8, 4) is 5.75 Å². The summed E-state index contributed by atoms with van der Waals surface area (Å²) in [6.07, 6.45) is 3.95. The minimum Gasteiger partial charge on any atom is -0.479 e. The van der Waals surface area contributed by atoms with Crippen molar-refractivity contribution >= 4 is 17.6 Å². The van der Waals surface area contributed by atoms with Gasteiger partial charge in [-0.05, 0) is 81.5 Å². The summed E-state index contributed by atoms with van der Waals surface area (Å²) in [6, 6.07) is 15.3. The molecule has 6 heteroatoms. The van der Waals surface area contributed by atoms with Gasteiger partial charge < -0.3 is 19.5 Å². The Morgan fingerprint density at radius 1 is 0.875 bits per heavy atom. The number of benzene rings is 2. The summed E-state index contributed by atoms with van der Waals surface area (Å²) in [5.41, 5.74) is 2.81. The number of unbranched alkanes of at least 4 members (excludes halogenated alkanes) is 1. The smallest absolute Gasteiger partial charge is 0.347 e. The Labute approximate surface area is 191 Å². The van der Waals surface area contributed by atoms with E-state index in [0.29, 0.717) is 30.9 Å². The number of aryl methyl sites for hydroxylation is 1. The molecule has 2 aromatic rings. The summed E-state index contributed by atoms with van der Waals surface area (Å²) in [7, 11) is 0. The molecule has 0 saturated carbocycles. The van der Waals surface area contributed by atoms with E-state index in [4.69, 9.17) is 14.2 Å². The minimum absolute atomic E-state index is 0.276. The Bertz CT molecular complexity index is 817. The van der Waals surface area contributed by atoms with Crippen LogP contribution in [0.1, 0.15) is 62.4 Å². The normalized spacial score (nSPS) is 11.5. The van der Waals surface area contributed by atoms with E-state index in [1.807, 2.05) is 55.5 Å². The third-order valence-corrected chi connectivity index (χ3v) is 4.92. The van der Waals surface area contributed by atoms with Gasteiger partial charge in [0, 0.05) is 12.2 Å². The maximum Gasteiger partial charge on any atom is 0.347 e. The molecule has 0 spiro atoms. The molecule has 6 nitrogen and oxygen atoms in total. The maximum atomic E-state index is 12.0. The standard InChI is InChI=1S/C26H35NO5/c1-4-9-24(26(29)31-6-3)32-23-17-15-22(16-18-23)27-19-8-7-10-20-11-13-21(14-12-20)25(28)30-5-2/h11-18,24,27H,4-10,19H2,1-3H3. The molecule has 0 radical (unpaired) electrons. The molecule has 174 valence electrons. The van der Waals surface area contributed by atoms with Crippen molar-refractivity contribution in [3.05, 3.63) is 59.7 Å². The number of ether oxygens (including phenoxy) is 3. The van der Waals surface area contributed by atoms with Crippen LogP contribution in [0.4, 0.5) is 5.69 Å². The number of nitrogens with one attached hydrogen (secondary N) is 1. The lowest BCUT2D eigenvalue weighted by atomic mass is 10.1. The average Bonchev–Trinajstić information content (AvgIpc) is 2.80. The second-order valence-corrected chi connectivity index (χ2v) is 7.47. The van der Waals surface area contributed by atoms with Crippen LogP contribution in [0, 0.1) is 0 Å². The summed E-state index contributed by atoms with van der Waals surface area (Å²) >= 11 is 0. The Morgan fingerprint density at radius 2 is 1.56 bits per heavy atom. The highest BCUT2D eigenvalue weighted by molar-refractivity contribution is 5.89. The van der Waals surface area contributed by atoms with Gasteiger partial charge in [0.1, 0.15) is 5.75 Å². The van der Waals surface area contributed by atoms with Crippen LogP contribution in [0.2, 0.25) is 0 Å². The van der Waals surface area contributed by atoms with Gasteiger partial charge in [-0.3, -0.25) is 0 Å². The highest BCUT2D eigenvalue weighted by Gasteiger charge is 2.20. The fourth-order valence-electron chi connectivity index (χ4n) is 3.25. The van der Waals surface area contributed by atoms with Gasteiger partial charge in [0.15, 0.2) is 6.10 Å². The summed E-state index contributed by atoms with van der Waals surface area (Å²) < 4.78 is 15.9. The molecule has 2 aromatic carbocycles.